The highest BCUT2D eigenvalue weighted by atomic mass is 15.2. The molecule has 0 aliphatic carbocycles. The number of rotatable bonds is 5. The van der Waals surface area contributed by atoms with Crippen molar-refractivity contribution in [2.45, 2.75) is 13.8 Å². The van der Waals surface area contributed by atoms with Gasteiger partial charge in [-0.25, -0.2) is 4.98 Å². The Morgan fingerprint density at radius 3 is 2.57 bits per heavy atom. The van der Waals surface area contributed by atoms with Gasteiger partial charge in [-0.15, -0.1) is 0 Å². The Labute approximate surface area is 136 Å². The average molecular weight is 304 g/mol. The molecule has 4 heteroatoms. The van der Waals surface area contributed by atoms with E-state index in [0.29, 0.717) is 5.95 Å². The summed E-state index contributed by atoms with van der Waals surface area (Å²) in [5.74, 6) is 1.48. The van der Waals surface area contributed by atoms with Crippen molar-refractivity contribution >= 4 is 23.1 Å². The molecule has 0 radical (unpaired) electrons. The first-order valence-corrected chi connectivity index (χ1v) is 7.75. The summed E-state index contributed by atoms with van der Waals surface area (Å²) >= 11 is 0. The zero-order chi connectivity index (χ0) is 16.1. The van der Waals surface area contributed by atoms with E-state index in [1.54, 1.807) is 6.20 Å². The largest absolute Gasteiger partial charge is 0.327 e. The van der Waals surface area contributed by atoms with Crippen LogP contribution in [0.2, 0.25) is 0 Å². The maximum absolute atomic E-state index is 4.65. The van der Waals surface area contributed by atoms with E-state index in [9.17, 15) is 0 Å². The van der Waals surface area contributed by atoms with Gasteiger partial charge in [-0.1, -0.05) is 30.3 Å². The van der Waals surface area contributed by atoms with E-state index in [1.807, 2.05) is 36.4 Å². The van der Waals surface area contributed by atoms with Crippen molar-refractivity contribution in [3.05, 3.63) is 72.4 Å². The third-order valence-corrected chi connectivity index (χ3v) is 3.58. The average Bonchev–Trinajstić information content (AvgIpc) is 2.57. The van der Waals surface area contributed by atoms with Crippen LogP contribution in [-0.2, 0) is 0 Å². The van der Waals surface area contributed by atoms with Gasteiger partial charge in [0.05, 0.1) is 0 Å². The minimum absolute atomic E-state index is 0.600. The van der Waals surface area contributed by atoms with Gasteiger partial charge in [-0.3, -0.25) is 0 Å². The molecule has 0 unspecified atom stereocenters. The summed E-state index contributed by atoms with van der Waals surface area (Å²) in [7, 11) is 0. The Morgan fingerprint density at radius 1 is 1.00 bits per heavy atom. The lowest BCUT2D eigenvalue weighted by Crippen LogP contribution is -2.17. The maximum Gasteiger partial charge on any atom is 0.229 e. The Kier molecular flexibility index (Phi) is 4.52. The SMILES string of the molecule is CCN(c1ccccc1)c1ccnc(Nc2cccc(C)c2)n1. The Hall–Kier alpha value is -2.88. The van der Waals surface area contributed by atoms with E-state index in [0.717, 1.165) is 23.7 Å². The highest BCUT2D eigenvalue weighted by Crippen LogP contribution is 2.24. The number of hydrogen-bond acceptors (Lipinski definition) is 4. The van der Waals surface area contributed by atoms with Crippen LogP contribution in [0.25, 0.3) is 0 Å². The van der Waals surface area contributed by atoms with Gasteiger partial charge in [0.1, 0.15) is 5.82 Å². The number of benzene rings is 2. The number of nitrogens with one attached hydrogen (secondary N) is 1. The zero-order valence-electron chi connectivity index (χ0n) is 13.4. The molecular formula is C19H20N4. The maximum atomic E-state index is 4.65. The van der Waals surface area contributed by atoms with Gasteiger partial charge < -0.3 is 10.2 Å². The Balaban J connectivity index is 1.87. The molecule has 0 spiro atoms. The fraction of sp³-hybridized carbons (Fsp3) is 0.158. The molecule has 3 aromatic rings. The van der Waals surface area contributed by atoms with Gasteiger partial charge >= 0.3 is 0 Å². The van der Waals surface area contributed by atoms with E-state index in [1.165, 1.54) is 5.56 Å². The summed E-state index contributed by atoms with van der Waals surface area (Å²) in [5, 5.41) is 3.27. The third-order valence-electron chi connectivity index (χ3n) is 3.58. The zero-order valence-corrected chi connectivity index (χ0v) is 13.4. The number of anilines is 4. The molecule has 0 atom stereocenters. The van der Waals surface area contributed by atoms with Crippen LogP contribution < -0.4 is 10.2 Å². The topological polar surface area (TPSA) is 41.1 Å². The minimum atomic E-state index is 0.600. The predicted molar refractivity (Wildman–Crippen MR) is 95.6 cm³/mol. The fourth-order valence-corrected chi connectivity index (χ4v) is 2.50. The van der Waals surface area contributed by atoms with E-state index in [2.05, 4.69) is 58.3 Å². The summed E-state index contributed by atoms with van der Waals surface area (Å²) in [4.78, 5) is 11.1. The van der Waals surface area contributed by atoms with Crippen LogP contribution in [0.4, 0.5) is 23.1 Å². The summed E-state index contributed by atoms with van der Waals surface area (Å²) < 4.78 is 0. The first-order chi connectivity index (χ1) is 11.3. The summed E-state index contributed by atoms with van der Waals surface area (Å²) in [6, 6.07) is 20.3. The second kappa shape index (κ2) is 6.92. The molecule has 4 nitrogen and oxygen atoms in total. The van der Waals surface area contributed by atoms with Crippen LogP contribution in [0, 0.1) is 6.92 Å². The molecule has 2 aromatic carbocycles. The molecular weight excluding hydrogens is 284 g/mol. The third kappa shape index (κ3) is 3.66. The number of aryl methyl sites for hydroxylation is 1. The van der Waals surface area contributed by atoms with Crippen LogP contribution in [-0.4, -0.2) is 16.5 Å². The molecule has 1 N–H and O–H groups in total. The van der Waals surface area contributed by atoms with E-state index < -0.39 is 0 Å². The highest BCUT2D eigenvalue weighted by Gasteiger charge is 2.09. The smallest absolute Gasteiger partial charge is 0.229 e. The molecule has 0 bridgehead atoms. The van der Waals surface area contributed by atoms with Crippen LogP contribution in [0.1, 0.15) is 12.5 Å². The summed E-state index contributed by atoms with van der Waals surface area (Å²) in [5.41, 5.74) is 3.31. The van der Waals surface area contributed by atoms with Gasteiger partial charge in [0.15, 0.2) is 0 Å². The Bertz CT molecular complexity index is 771. The van der Waals surface area contributed by atoms with E-state index in [4.69, 9.17) is 0 Å². The molecule has 1 aromatic heterocycles. The summed E-state index contributed by atoms with van der Waals surface area (Å²) in [6.07, 6.45) is 1.78. The van der Waals surface area contributed by atoms with Crippen molar-refractivity contribution in [3.63, 3.8) is 0 Å². The molecule has 0 saturated heterocycles. The van der Waals surface area contributed by atoms with Crippen LogP contribution in [0.15, 0.2) is 66.9 Å². The molecule has 0 saturated carbocycles. The van der Waals surface area contributed by atoms with Crippen LogP contribution >= 0.6 is 0 Å². The lowest BCUT2D eigenvalue weighted by Gasteiger charge is -2.22. The van der Waals surface area contributed by atoms with Gasteiger partial charge in [0, 0.05) is 24.1 Å². The first-order valence-electron chi connectivity index (χ1n) is 7.75. The molecule has 23 heavy (non-hydrogen) atoms. The quantitative estimate of drug-likeness (QED) is 0.742. The van der Waals surface area contributed by atoms with Crippen molar-refractivity contribution in [2.24, 2.45) is 0 Å². The van der Waals surface area contributed by atoms with Gasteiger partial charge in [-0.2, -0.15) is 4.98 Å². The molecule has 1 heterocycles. The van der Waals surface area contributed by atoms with Crippen LogP contribution in [0.3, 0.4) is 0 Å². The molecule has 0 fully saturated rings. The van der Waals surface area contributed by atoms with Crippen LogP contribution in [0.5, 0.6) is 0 Å². The van der Waals surface area contributed by atoms with Gasteiger partial charge in [0.25, 0.3) is 0 Å². The molecule has 0 aliphatic heterocycles. The monoisotopic (exact) mass is 304 g/mol. The molecule has 3 rings (SSSR count). The minimum Gasteiger partial charge on any atom is -0.327 e. The Morgan fingerprint density at radius 2 is 1.83 bits per heavy atom. The fourth-order valence-electron chi connectivity index (χ4n) is 2.50. The first kappa shape index (κ1) is 15.0. The highest BCUT2D eigenvalue weighted by molar-refractivity contribution is 5.62. The van der Waals surface area contributed by atoms with Gasteiger partial charge in [0.2, 0.25) is 5.95 Å². The predicted octanol–water partition coefficient (Wildman–Crippen LogP) is 4.69. The molecule has 0 amide bonds. The lowest BCUT2D eigenvalue weighted by molar-refractivity contribution is 0.979. The van der Waals surface area contributed by atoms with E-state index >= 15 is 0 Å². The number of hydrogen-bond donors (Lipinski definition) is 1. The number of aromatic nitrogens is 2. The molecule has 0 aliphatic rings. The summed E-state index contributed by atoms with van der Waals surface area (Å²) in [6.45, 7) is 5.02. The van der Waals surface area contributed by atoms with Crippen molar-refractivity contribution in [2.75, 3.05) is 16.8 Å². The van der Waals surface area contributed by atoms with Crippen molar-refractivity contribution in [1.82, 2.24) is 9.97 Å². The lowest BCUT2D eigenvalue weighted by atomic mass is 10.2. The van der Waals surface area contributed by atoms with Crippen molar-refractivity contribution < 1.29 is 0 Å². The van der Waals surface area contributed by atoms with Crippen molar-refractivity contribution in [1.29, 1.82) is 0 Å². The standard InChI is InChI=1S/C19H20N4/c1-3-23(17-10-5-4-6-11-17)18-12-13-20-19(22-18)21-16-9-7-8-15(2)14-16/h4-14H,3H2,1-2H3,(H,20,21,22). The second-order valence-electron chi connectivity index (χ2n) is 5.31. The van der Waals surface area contributed by atoms with Crippen molar-refractivity contribution in [3.8, 4) is 0 Å². The number of nitrogens with zero attached hydrogens (tertiary/aromatic N) is 3. The number of para-hydroxylation sites is 1. The molecule has 116 valence electrons. The normalized spacial score (nSPS) is 10.3. The second-order valence-corrected chi connectivity index (χ2v) is 5.31. The van der Waals surface area contributed by atoms with E-state index in [-0.39, 0.29) is 0 Å². The van der Waals surface area contributed by atoms with Gasteiger partial charge in [-0.05, 0) is 49.7 Å².